The topological polar surface area (TPSA) is 32.8 Å². The van der Waals surface area contributed by atoms with E-state index in [0.29, 0.717) is 11.8 Å². The molecular formula is C9H16N2O2S. The molecule has 2 saturated heterocycles. The van der Waals surface area contributed by atoms with E-state index in [9.17, 15) is 4.79 Å². The van der Waals surface area contributed by atoms with Gasteiger partial charge in [-0.05, 0) is 0 Å². The smallest absolute Gasteiger partial charge is 0.232 e. The summed E-state index contributed by atoms with van der Waals surface area (Å²) in [6.07, 6.45) is 0. The number of hydrogen-bond donors (Lipinski definition) is 1. The van der Waals surface area contributed by atoms with Crippen molar-refractivity contribution in [2.24, 2.45) is 0 Å². The first kappa shape index (κ1) is 10.3. The van der Waals surface area contributed by atoms with Gasteiger partial charge < -0.3 is 9.64 Å². The molecular weight excluding hydrogens is 200 g/mol. The second-order valence-corrected chi connectivity index (χ2v) is 4.08. The van der Waals surface area contributed by atoms with Crippen molar-refractivity contribution in [3.05, 3.63) is 0 Å². The van der Waals surface area contributed by atoms with Gasteiger partial charge in [0, 0.05) is 26.2 Å². The first-order valence-electron chi connectivity index (χ1n) is 5.01. The Hall–Kier alpha value is -0.260. The van der Waals surface area contributed by atoms with E-state index >= 15 is 0 Å². The van der Waals surface area contributed by atoms with Gasteiger partial charge in [-0.25, -0.2) is 0 Å². The molecule has 2 fully saturated rings. The standard InChI is InChI=1S/C9H16N2O2S/c12-9(7-14)11-3-1-10(2-4-11)8-5-13-6-8/h8,14H,1-7H2. The Balaban J connectivity index is 1.76. The van der Waals surface area contributed by atoms with Crippen LogP contribution >= 0.6 is 12.6 Å². The minimum atomic E-state index is 0.151. The lowest BCUT2D eigenvalue weighted by Gasteiger charge is -2.42. The minimum Gasteiger partial charge on any atom is -0.378 e. The fourth-order valence-corrected chi connectivity index (χ4v) is 2.07. The third-order valence-electron chi connectivity index (χ3n) is 2.94. The summed E-state index contributed by atoms with van der Waals surface area (Å²) in [6.45, 7) is 5.37. The third-order valence-corrected chi connectivity index (χ3v) is 3.21. The number of hydrogen-bond acceptors (Lipinski definition) is 4. The SMILES string of the molecule is O=C(CS)N1CCN(C2COC2)CC1. The van der Waals surface area contributed by atoms with Gasteiger partial charge in [0.2, 0.25) is 5.91 Å². The maximum Gasteiger partial charge on any atom is 0.232 e. The van der Waals surface area contributed by atoms with Crippen LogP contribution in [0.5, 0.6) is 0 Å². The average molecular weight is 216 g/mol. The number of thiol groups is 1. The largest absolute Gasteiger partial charge is 0.378 e. The van der Waals surface area contributed by atoms with Crippen molar-refractivity contribution in [1.29, 1.82) is 0 Å². The first-order valence-corrected chi connectivity index (χ1v) is 5.65. The Morgan fingerprint density at radius 1 is 1.29 bits per heavy atom. The van der Waals surface area contributed by atoms with Gasteiger partial charge in [0.1, 0.15) is 0 Å². The molecule has 5 heteroatoms. The van der Waals surface area contributed by atoms with E-state index in [2.05, 4.69) is 17.5 Å². The van der Waals surface area contributed by atoms with Crippen molar-refractivity contribution in [3.8, 4) is 0 Å². The number of piperazine rings is 1. The van der Waals surface area contributed by atoms with Crippen LogP contribution in [0.2, 0.25) is 0 Å². The molecule has 0 aliphatic carbocycles. The molecule has 0 spiro atoms. The minimum absolute atomic E-state index is 0.151. The van der Waals surface area contributed by atoms with E-state index in [1.165, 1.54) is 0 Å². The van der Waals surface area contributed by atoms with Gasteiger partial charge >= 0.3 is 0 Å². The Labute approximate surface area is 89.6 Å². The van der Waals surface area contributed by atoms with Crippen LogP contribution in [-0.2, 0) is 9.53 Å². The summed E-state index contributed by atoms with van der Waals surface area (Å²) in [6, 6.07) is 0.600. The molecule has 0 bridgehead atoms. The van der Waals surface area contributed by atoms with Crippen LogP contribution in [0.4, 0.5) is 0 Å². The molecule has 2 rings (SSSR count). The summed E-state index contributed by atoms with van der Waals surface area (Å²) in [7, 11) is 0. The Bertz CT molecular complexity index is 213. The van der Waals surface area contributed by atoms with Crippen LogP contribution in [-0.4, -0.2) is 66.9 Å². The van der Waals surface area contributed by atoms with Gasteiger partial charge in [0.25, 0.3) is 0 Å². The number of nitrogens with zero attached hydrogens (tertiary/aromatic N) is 2. The quantitative estimate of drug-likeness (QED) is 0.629. The Kier molecular flexibility index (Phi) is 3.30. The fourth-order valence-electron chi connectivity index (χ4n) is 1.87. The van der Waals surface area contributed by atoms with Gasteiger partial charge in [-0.2, -0.15) is 12.6 Å². The number of ether oxygens (including phenoxy) is 1. The predicted octanol–water partition coefficient (Wildman–Crippen LogP) is -0.541. The summed E-state index contributed by atoms with van der Waals surface area (Å²) in [5.41, 5.74) is 0. The number of amides is 1. The van der Waals surface area contributed by atoms with Crippen molar-refractivity contribution in [2.45, 2.75) is 6.04 Å². The van der Waals surface area contributed by atoms with Crippen LogP contribution in [0.1, 0.15) is 0 Å². The van der Waals surface area contributed by atoms with E-state index in [4.69, 9.17) is 4.74 Å². The van der Waals surface area contributed by atoms with Crippen LogP contribution < -0.4 is 0 Å². The second-order valence-electron chi connectivity index (χ2n) is 3.77. The maximum absolute atomic E-state index is 11.3. The highest BCUT2D eigenvalue weighted by atomic mass is 32.1. The zero-order valence-corrected chi connectivity index (χ0v) is 9.08. The molecule has 0 unspecified atom stereocenters. The van der Waals surface area contributed by atoms with Crippen molar-refractivity contribution in [3.63, 3.8) is 0 Å². The summed E-state index contributed by atoms with van der Waals surface area (Å²) >= 11 is 3.99. The lowest BCUT2D eigenvalue weighted by atomic mass is 10.2. The zero-order chi connectivity index (χ0) is 9.97. The van der Waals surface area contributed by atoms with Gasteiger partial charge in [0.15, 0.2) is 0 Å². The van der Waals surface area contributed by atoms with Crippen LogP contribution in [0.15, 0.2) is 0 Å². The van der Waals surface area contributed by atoms with Crippen LogP contribution in [0.3, 0.4) is 0 Å². The molecule has 4 nitrogen and oxygen atoms in total. The molecule has 0 atom stereocenters. The molecule has 80 valence electrons. The van der Waals surface area contributed by atoms with Gasteiger partial charge in [-0.15, -0.1) is 0 Å². The van der Waals surface area contributed by atoms with Crippen molar-refractivity contribution < 1.29 is 9.53 Å². The molecule has 0 radical (unpaired) electrons. The predicted molar refractivity (Wildman–Crippen MR) is 56.6 cm³/mol. The summed E-state index contributed by atoms with van der Waals surface area (Å²) in [5.74, 6) is 0.477. The zero-order valence-electron chi connectivity index (χ0n) is 8.19. The summed E-state index contributed by atoms with van der Waals surface area (Å²) in [5, 5.41) is 0. The maximum atomic E-state index is 11.3. The highest BCUT2D eigenvalue weighted by Crippen LogP contribution is 2.13. The van der Waals surface area contributed by atoms with E-state index in [-0.39, 0.29) is 5.91 Å². The lowest BCUT2D eigenvalue weighted by molar-refractivity contribution is -0.132. The van der Waals surface area contributed by atoms with Crippen LogP contribution in [0.25, 0.3) is 0 Å². The molecule has 1 amide bonds. The lowest BCUT2D eigenvalue weighted by Crippen LogP contribution is -2.57. The first-order chi connectivity index (χ1) is 6.81. The Morgan fingerprint density at radius 2 is 1.93 bits per heavy atom. The van der Waals surface area contributed by atoms with Gasteiger partial charge in [-0.3, -0.25) is 9.69 Å². The van der Waals surface area contributed by atoms with E-state index in [0.717, 1.165) is 39.4 Å². The Morgan fingerprint density at radius 3 is 2.36 bits per heavy atom. The summed E-state index contributed by atoms with van der Waals surface area (Å²) < 4.78 is 5.15. The molecule has 0 saturated carbocycles. The number of carbonyl (C=O) groups excluding carboxylic acids is 1. The molecule has 14 heavy (non-hydrogen) atoms. The molecule has 2 aliphatic rings. The van der Waals surface area contributed by atoms with E-state index in [1.807, 2.05) is 4.90 Å². The number of rotatable bonds is 2. The number of carbonyl (C=O) groups is 1. The van der Waals surface area contributed by atoms with E-state index in [1.54, 1.807) is 0 Å². The van der Waals surface area contributed by atoms with Crippen molar-refractivity contribution in [2.75, 3.05) is 45.1 Å². The monoisotopic (exact) mass is 216 g/mol. The molecule has 0 N–H and O–H groups in total. The molecule has 0 aromatic carbocycles. The fraction of sp³-hybridized carbons (Fsp3) is 0.889. The molecule has 0 aromatic rings. The van der Waals surface area contributed by atoms with Crippen molar-refractivity contribution in [1.82, 2.24) is 9.80 Å². The second kappa shape index (κ2) is 4.51. The van der Waals surface area contributed by atoms with Gasteiger partial charge in [0.05, 0.1) is 25.0 Å². The molecule has 2 aliphatic heterocycles. The normalized spacial score (nSPS) is 24.8. The molecule has 0 aromatic heterocycles. The third kappa shape index (κ3) is 2.04. The average Bonchev–Trinajstić information content (AvgIpc) is 2.15. The van der Waals surface area contributed by atoms with Gasteiger partial charge in [-0.1, -0.05) is 0 Å². The van der Waals surface area contributed by atoms with Crippen molar-refractivity contribution >= 4 is 18.5 Å². The highest BCUT2D eigenvalue weighted by Gasteiger charge is 2.29. The van der Waals surface area contributed by atoms with Crippen LogP contribution in [0, 0.1) is 0 Å². The summed E-state index contributed by atoms with van der Waals surface area (Å²) in [4.78, 5) is 15.6. The molecule has 2 heterocycles. The highest BCUT2D eigenvalue weighted by molar-refractivity contribution is 7.81. The van der Waals surface area contributed by atoms with E-state index < -0.39 is 0 Å².